The summed E-state index contributed by atoms with van der Waals surface area (Å²) in [6.45, 7) is 0.496. The van der Waals surface area contributed by atoms with Crippen molar-refractivity contribution in [3.63, 3.8) is 0 Å². The number of nitrogens with one attached hydrogen (secondary N) is 1. The van der Waals surface area contributed by atoms with Crippen LogP contribution in [0, 0.1) is 0 Å². The summed E-state index contributed by atoms with van der Waals surface area (Å²) in [5.74, 6) is -2.34. The van der Waals surface area contributed by atoms with Gasteiger partial charge in [-0.15, -0.1) is 0 Å². The highest BCUT2D eigenvalue weighted by atomic mass is 16.6. The number of carbonyl (C=O) groups is 3. The number of hydroxylamine groups is 1. The van der Waals surface area contributed by atoms with Crippen LogP contribution in [-0.2, 0) is 16.2 Å². The predicted molar refractivity (Wildman–Crippen MR) is 125 cm³/mol. The highest BCUT2D eigenvalue weighted by Gasteiger charge is 2.19. The summed E-state index contributed by atoms with van der Waals surface area (Å²) in [6.07, 6.45) is 1.30. The van der Waals surface area contributed by atoms with Crippen LogP contribution < -0.4 is 10.2 Å². The fourth-order valence-electron chi connectivity index (χ4n) is 3.33. The summed E-state index contributed by atoms with van der Waals surface area (Å²) >= 11 is 0. The number of carbonyl (C=O) groups excluding carboxylic acids is 1. The molecule has 0 aromatic heterocycles. The molecule has 0 saturated heterocycles. The summed E-state index contributed by atoms with van der Waals surface area (Å²) in [7, 11) is 0. The van der Waals surface area contributed by atoms with Crippen LogP contribution in [-0.4, -0.2) is 34.7 Å². The van der Waals surface area contributed by atoms with E-state index in [1.807, 2.05) is 30.3 Å². The second-order valence-corrected chi connectivity index (χ2v) is 7.47. The van der Waals surface area contributed by atoms with E-state index in [4.69, 9.17) is 9.57 Å². The van der Waals surface area contributed by atoms with Gasteiger partial charge in [0.25, 0.3) is 0 Å². The molecule has 3 aromatic rings. The van der Waals surface area contributed by atoms with Crippen LogP contribution in [0.5, 0.6) is 5.75 Å². The number of carboxylic acids is 2. The van der Waals surface area contributed by atoms with Crippen molar-refractivity contribution in [3.05, 3.63) is 89.5 Å². The van der Waals surface area contributed by atoms with Crippen LogP contribution in [0.2, 0.25) is 0 Å². The smallest absolute Gasteiger partial charge is 0.340 e. The third-order valence-electron chi connectivity index (χ3n) is 4.98. The van der Waals surface area contributed by atoms with Crippen molar-refractivity contribution in [1.82, 2.24) is 5.48 Å². The molecule has 176 valence electrons. The molecule has 34 heavy (non-hydrogen) atoms. The monoisotopic (exact) mass is 463 g/mol. The fourth-order valence-corrected chi connectivity index (χ4v) is 3.33. The van der Waals surface area contributed by atoms with Gasteiger partial charge in [-0.1, -0.05) is 54.6 Å². The Kier molecular flexibility index (Phi) is 8.76. The van der Waals surface area contributed by atoms with Crippen LogP contribution >= 0.6 is 0 Å². The zero-order valence-electron chi connectivity index (χ0n) is 18.4. The molecule has 0 aliphatic heterocycles. The number of amides is 1. The molecule has 0 bridgehead atoms. The number of ether oxygens (including phenoxy) is 1. The van der Waals surface area contributed by atoms with Gasteiger partial charge < -0.3 is 14.9 Å². The Hall–Kier alpha value is -4.17. The van der Waals surface area contributed by atoms with E-state index in [1.54, 1.807) is 30.3 Å². The van der Waals surface area contributed by atoms with Gasteiger partial charge in [-0.05, 0) is 47.7 Å². The second-order valence-electron chi connectivity index (χ2n) is 7.47. The molecule has 8 nitrogen and oxygen atoms in total. The van der Waals surface area contributed by atoms with E-state index in [0.717, 1.165) is 5.56 Å². The molecule has 3 rings (SSSR count). The molecule has 0 saturated carbocycles. The lowest BCUT2D eigenvalue weighted by atomic mass is 9.97. The van der Waals surface area contributed by atoms with Crippen molar-refractivity contribution >= 4 is 17.8 Å². The Balaban J connectivity index is 1.51. The largest absolute Gasteiger partial charge is 0.493 e. The van der Waals surface area contributed by atoms with Crippen molar-refractivity contribution < 1.29 is 34.2 Å². The van der Waals surface area contributed by atoms with Gasteiger partial charge in [-0.2, -0.15) is 0 Å². The molecule has 0 atom stereocenters. The van der Waals surface area contributed by atoms with Crippen LogP contribution in [0.25, 0.3) is 11.1 Å². The standard InChI is InChI=1S/C26H25NO7/c28-23(27-34-17-18-8-2-1-3-9-18)14-4-5-15-33-22-13-7-12-21(24(22)26(31)32)19-10-6-11-20(16-19)25(29)30/h1-3,6-13,16H,4-5,14-15,17H2,(H,27,28)(H,29,30)(H,31,32). The molecule has 3 N–H and O–H groups in total. The molecule has 0 radical (unpaired) electrons. The summed E-state index contributed by atoms with van der Waals surface area (Å²) in [6, 6.07) is 20.4. The predicted octanol–water partition coefficient (Wildman–Crippen LogP) is 4.55. The van der Waals surface area contributed by atoms with E-state index in [1.165, 1.54) is 12.1 Å². The third kappa shape index (κ3) is 6.91. The van der Waals surface area contributed by atoms with Gasteiger partial charge in [0.05, 0.1) is 18.8 Å². The van der Waals surface area contributed by atoms with Gasteiger partial charge in [-0.25, -0.2) is 15.1 Å². The van der Waals surface area contributed by atoms with Crippen molar-refractivity contribution in [2.24, 2.45) is 0 Å². The van der Waals surface area contributed by atoms with Gasteiger partial charge in [-0.3, -0.25) is 9.63 Å². The van der Waals surface area contributed by atoms with Gasteiger partial charge in [0, 0.05) is 6.42 Å². The topological polar surface area (TPSA) is 122 Å². The van der Waals surface area contributed by atoms with E-state index in [9.17, 15) is 24.6 Å². The van der Waals surface area contributed by atoms with Crippen molar-refractivity contribution in [2.75, 3.05) is 6.61 Å². The van der Waals surface area contributed by atoms with E-state index in [2.05, 4.69) is 5.48 Å². The third-order valence-corrected chi connectivity index (χ3v) is 4.98. The molecular formula is C26H25NO7. The first-order valence-electron chi connectivity index (χ1n) is 10.7. The van der Waals surface area contributed by atoms with Crippen LogP contribution in [0.15, 0.2) is 72.8 Å². The normalized spacial score (nSPS) is 10.5. The molecule has 0 aliphatic carbocycles. The Morgan fingerprint density at radius 1 is 0.824 bits per heavy atom. The minimum atomic E-state index is -1.18. The first-order chi connectivity index (χ1) is 16.5. The summed E-state index contributed by atoms with van der Waals surface area (Å²) in [5.41, 5.74) is 4.20. The summed E-state index contributed by atoms with van der Waals surface area (Å²) in [4.78, 5) is 40.3. The Labute approximate surface area is 196 Å². The Morgan fingerprint density at radius 3 is 2.32 bits per heavy atom. The van der Waals surface area contributed by atoms with Crippen molar-refractivity contribution in [3.8, 4) is 16.9 Å². The zero-order valence-corrected chi connectivity index (χ0v) is 18.4. The maximum absolute atomic E-state index is 12.0. The van der Waals surface area contributed by atoms with E-state index < -0.39 is 11.9 Å². The minimum Gasteiger partial charge on any atom is -0.493 e. The number of unbranched alkanes of at least 4 members (excludes halogenated alkanes) is 1. The molecule has 1 amide bonds. The van der Waals surface area contributed by atoms with Crippen LogP contribution in [0.3, 0.4) is 0 Å². The number of hydrogen-bond donors (Lipinski definition) is 3. The van der Waals surface area contributed by atoms with E-state index >= 15 is 0 Å². The molecule has 3 aromatic carbocycles. The van der Waals surface area contributed by atoms with E-state index in [-0.39, 0.29) is 42.4 Å². The SMILES string of the molecule is O=C(CCCCOc1cccc(-c2cccc(C(=O)O)c2)c1C(=O)O)NOCc1ccccc1. The van der Waals surface area contributed by atoms with E-state index in [0.29, 0.717) is 24.0 Å². The van der Waals surface area contributed by atoms with Crippen molar-refractivity contribution in [2.45, 2.75) is 25.9 Å². The lowest BCUT2D eigenvalue weighted by Gasteiger charge is -2.13. The molecule has 8 heteroatoms. The quantitative estimate of drug-likeness (QED) is 0.266. The van der Waals surface area contributed by atoms with Crippen LogP contribution in [0.4, 0.5) is 0 Å². The Bertz CT molecular complexity index is 1140. The second kappa shape index (κ2) is 12.2. The molecule has 0 fully saturated rings. The number of hydrogen-bond acceptors (Lipinski definition) is 5. The molecule has 0 aliphatic rings. The average molecular weight is 463 g/mol. The first-order valence-corrected chi connectivity index (χ1v) is 10.7. The summed E-state index contributed by atoms with van der Waals surface area (Å²) < 4.78 is 5.70. The number of aromatic carboxylic acids is 2. The average Bonchev–Trinajstić information content (AvgIpc) is 2.84. The lowest BCUT2D eigenvalue weighted by molar-refractivity contribution is -0.134. The lowest BCUT2D eigenvalue weighted by Crippen LogP contribution is -2.23. The van der Waals surface area contributed by atoms with Gasteiger partial charge in [0.1, 0.15) is 11.3 Å². The van der Waals surface area contributed by atoms with Gasteiger partial charge in [0.2, 0.25) is 5.91 Å². The van der Waals surface area contributed by atoms with Gasteiger partial charge in [0.15, 0.2) is 0 Å². The fraction of sp³-hybridized carbons (Fsp3) is 0.192. The van der Waals surface area contributed by atoms with Crippen LogP contribution in [0.1, 0.15) is 45.5 Å². The number of rotatable bonds is 12. The molecule has 0 heterocycles. The highest BCUT2D eigenvalue weighted by molar-refractivity contribution is 5.99. The van der Waals surface area contributed by atoms with Gasteiger partial charge >= 0.3 is 11.9 Å². The molecule has 0 spiro atoms. The van der Waals surface area contributed by atoms with Crippen molar-refractivity contribution in [1.29, 1.82) is 0 Å². The zero-order chi connectivity index (χ0) is 24.3. The number of carboxylic acid groups (broad SMARTS) is 2. The minimum absolute atomic E-state index is 0.0444. The number of benzene rings is 3. The molecule has 0 unspecified atom stereocenters. The highest BCUT2D eigenvalue weighted by Crippen LogP contribution is 2.31. The Morgan fingerprint density at radius 2 is 1.59 bits per heavy atom. The summed E-state index contributed by atoms with van der Waals surface area (Å²) in [5, 5.41) is 19.0. The maximum atomic E-state index is 12.0. The first kappa shape index (κ1) is 24.5. The maximum Gasteiger partial charge on any atom is 0.340 e. The molecular weight excluding hydrogens is 438 g/mol.